The molecule has 0 aliphatic carbocycles. The minimum absolute atomic E-state index is 0.274. The summed E-state index contributed by atoms with van der Waals surface area (Å²) < 4.78 is 11.5. The monoisotopic (exact) mass is 385 g/mol. The maximum absolute atomic E-state index is 12.5. The van der Waals surface area contributed by atoms with E-state index in [-0.39, 0.29) is 5.91 Å². The topological polar surface area (TPSA) is 73.3 Å². The summed E-state index contributed by atoms with van der Waals surface area (Å²) in [6.45, 7) is 1.68. The fourth-order valence-electron chi connectivity index (χ4n) is 2.77. The van der Waals surface area contributed by atoms with Crippen LogP contribution in [-0.4, -0.2) is 22.0 Å². The Kier molecular flexibility index (Phi) is 5.33. The molecule has 1 N–H and O–H groups in total. The summed E-state index contributed by atoms with van der Waals surface area (Å²) in [5.41, 5.74) is 1.41. The van der Waals surface area contributed by atoms with Crippen LogP contribution in [0.2, 0.25) is 0 Å². The van der Waals surface area contributed by atoms with Gasteiger partial charge in [-0.05, 0) is 55.5 Å². The molecule has 6 nitrogen and oxygen atoms in total. The standard InChI is InChI=1S/C23H19N3O3/c1-16(28-23-20-9-5-6-10-21(20)24-15-25-23)22(27)26-17-11-13-19(14-12-17)29-18-7-3-2-4-8-18/h2-16H,1H3,(H,26,27). The van der Waals surface area contributed by atoms with E-state index in [1.165, 1.54) is 6.33 Å². The fraction of sp³-hybridized carbons (Fsp3) is 0.0870. The Hall–Kier alpha value is -3.93. The zero-order valence-corrected chi connectivity index (χ0v) is 15.8. The van der Waals surface area contributed by atoms with Gasteiger partial charge in [-0.2, -0.15) is 0 Å². The number of amides is 1. The molecule has 144 valence electrons. The molecule has 1 atom stereocenters. The number of rotatable bonds is 6. The van der Waals surface area contributed by atoms with Crippen molar-refractivity contribution in [1.29, 1.82) is 0 Å². The van der Waals surface area contributed by atoms with Gasteiger partial charge < -0.3 is 14.8 Å². The molecule has 0 saturated carbocycles. The number of carbonyl (C=O) groups is 1. The molecule has 0 fully saturated rings. The van der Waals surface area contributed by atoms with Crippen molar-refractivity contribution in [3.05, 3.63) is 85.2 Å². The minimum atomic E-state index is -0.728. The number of hydrogen-bond donors (Lipinski definition) is 1. The quantitative estimate of drug-likeness (QED) is 0.515. The zero-order valence-electron chi connectivity index (χ0n) is 15.8. The van der Waals surface area contributed by atoms with Crippen LogP contribution in [0.3, 0.4) is 0 Å². The third-order valence-corrected chi connectivity index (χ3v) is 4.26. The van der Waals surface area contributed by atoms with Crippen molar-refractivity contribution in [1.82, 2.24) is 9.97 Å². The van der Waals surface area contributed by atoms with E-state index >= 15 is 0 Å². The van der Waals surface area contributed by atoms with Crippen molar-refractivity contribution in [2.24, 2.45) is 0 Å². The van der Waals surface area contributed by atoms with Gasteiger partial charge in [-0.15, -0.1) is 0 Å². The molecule has 1 heterocycles. The first-order valence-corrected chi connectivity index (χ1v) is 9.19. The van der Waals surface area contributed by atoms with Gasteiger partial charge in [0.15, 0.2) is 6.10 Å². The highest BCUT2D eigenvalue weighted by atomic mass is 16.5. The van der Waals surface area contributed by atoms with Gasteiger partial charge in [0.25, 0.3) is 5.91 Å². The first-order chi connectivity index (χ1) is 14.2. The lowest BCUT2D eigenvalue weighted by Crippen LogP contribution is -2.30. The lowest BCUT2D eigenvalue weighted by Gasteiger charge is -2.15. The number of benzene rings is 3. The van der Waals surface area contributed by atoms with Crippen LogP contribution in [0.4, 0.5) is 5.69 Å². The van der Waals surface area contributed by atoms with Gasteiger partial charge in [-0.1, -0.05) is 30.3 Å². The number of ether oxygens (including phenoxy) is 2. The summed E-state index contributed by atoms with van der Waals surface area (Å²) in [5, 5.41) is 3.60. The van der Waals surface area contributed by atoms with Gasteiger partial charge in [0.2, 0.25) is 5.88 Å². The van der Waals surface area contributed by atoms with E-state index in [4.69, 9.17) is 9.47 Å². The summed E-state index contributed by atoms with van der Waals surface area (Å²) in [4.78, 5) is 20.9. The Morgan fingerprint density at radius 3 is 2.34 bits per heavy atom. The van der Waals surface area contributed by atoms with Crippen molar-refractivity contribution in [3.8, 4) is 17.4 Å². The Balaban J connectivity index is 1.39. The van der Waals surface area contributed by atoms with Crippen LogP contribution in [0.1, 0.15) is 6.92 Å². The third-order valence-electron chi connectivity index (χ3n) is 4.26. The van der Waals surface area contributed by atoms with Crippen LogP contribution in [0, 0.1) is 0 Å². The van der Waals surface area contributed by atoms with Crippen LogP contribution < -0.4 is 14.8 Å². The van der Waals surface area contributed by atoms with E-state index in [2.05, 4.69) is 15.3 Å². The molecule has 0 aliphatic rings. The predicted molar refractivity (Wildman–Crippen MR) is 111 cm³/mol. The number of nitrogens with zero attached hydrogens (tertiary/aromatic N) is 2. The summed E-state index contributed by atoms with van der Waals surface area (Å²) >= 11 is 0. The fourth-order valence-corrected chi connectivity index (χ4v) is 2.77. The first-order valence-electron chi connectivity index (χ1n) is 9.19. The number of para-hydroxylation sites is 2. The van der Waals surface area contributed by atoms with Crippen LogP contribution >= 0.6 is 0 Å². The van der Waals surface area contributed by atoms with E-state index in [0.29, 0.717) is 17.3 Å². The minimum Gasteiger partial charge on any atom is -0.464 e. The van der Waals surface area contributed by atoms with Gasteiger partial charge in [-0.3, -0.25) is 4.79 Å². The van der Waals surface area contributed by atoms with Crippen LogP contribution in [-0.2, 0) is 4.79 Å². The average Bonchev–Trinajstić information content (AvgIpc) is 2.76. The Morgan fingerprint density at radius 2 is 1.55 bits per heavy atom. The molecular formula is C23H19N3O3. The van der Waals surface area contributed by atoms with Crippen molar-refractivity contribution < 1.29 is 14.3 Å². The molecular weight excluding hydrogens is 366 g/mol. The molecule has 29 heavy (non-hydrogen) atoms. The molecule has 0 spiro atoms. The zero-order chi connectivity index (χ0) is 20.1. The highest BCUT2D eigenvalue weighted by molar-refractivity contribution is 5.94. The normalized spacial score (nSPS) is 11.6. The van der Waals surface area contributed by atoms with Gasteiger partial charge in [0.1, 0.15) is 17.8 Å². The van der Waals surface area contributed by atoms with Crippen LogP contribution in [0.15, 0.2) is 85.2 Å². The van der Waals surface area contributed by atoms with E-state index in [9.17, 15) is 4.79 Å². The number of carbonyl (C=O) groups excluding carboxylic acids is 1. The largest absolute Gasteiger partial charge is 0.464 e. The summed E-state index contributed by atoms with van der Waals surface area (Å²) in [6, 6.07) is 24.2. The van der Waals surface area contributed by atoms with Crippen molar-refractivity contribution in [2.45, 2.75) is 13.0 Å². The molecule has 0 bridgehead atoms. The van der Waals surface area contributed by atoms with Crippen molar-refractivity contribution >= 4 is 22.5 Å². The summed E-state index contributed by atoms with van der Waals surface area (Å²) in [7, 11) is 0. The van der Waals surface area contributed by atoms with Gasteiger partial charge in [0.05, 0.1) is 10.9 Å². The molecule has 1 amide bonds. The highest BCUT2D eigenvalue weighted by Crippen LogP contribution is 2.24. The highest BCUT2D eigenvalue weighted by Gasteiger charge is 2.17. The van der Waals surface area contributed by atoms with Crippen LogP contribution in [0.5, 0.6) is 17.4 Å². The van der Waals surface area contributed by atoms with E-state index in [1.54, 1.807) is 31.2 Å². The van der Waals surface area contributed by atoms with Gasteiger partial charge in [-0.25, -0.2) is 9.97 Å². The summed E-state index contributed by atoms with van der Waals surface area (Å²) in [5.74, 6) is 1.55. The van der Waals surface area contributed by atoms with Crippen molar-refractivity contribution in [3.63, 3.8) is 0 Å². The average molecular weight is 385 g/mol. The second-order valence-electron chi connectivity index (χ2n) is 6.38. The first kappa shape index (κ1) is 18.4. The third kappa shape index (κ3) is 4.50. The van der Waals surface area contributed by atoms with E-state index in [1.807, 2.05) is 54.6 Å². The Morgan fingerprint density at radius 1 is 0.862 bits per heavy atom. The second kappa shape index (κ2) is 8.39. The van der Waals surface area contributed by atoms with Crippen molar-refractivity contribution in [2.75, 3.05) is 5.32 Å². The maximum atomic E-state index is 12.5. The number of hydrogen-bond acceptors (Lipinski definition) is 5. The molecule has 4 rings (SSSR count). The number of nitrogens with one attached hydrogen (secondary N) is 1. The number of anilines is 1. The lowest BCUT2D eigenvalue weighted by atomic mass is 10.2. The molecule has 4 aromatic rings. The Bertz CT molecular complexity index is 1110. The molecule has 1 aromatic heterocycles. The predicted octanol–water partition coefficient (Wildman–Crippen LogP) is 4.83. The lowest BCUT2D eigenvalue weighted by molar-refractivity contribution is -0.122. The molecule has 1 unspecified atom stereocenters. The SMILES string of the molecule is CC(Oc1ncnc2ccccc12)C(=O)Nc1ccc(Oc2ccccc2)cc1. The molecule has 0 aliphatic heterocycles. The number of fused-ring (bicyclic) bond motifs is 1. The van der Waals surface area contributed by atoms with E-state index in [0.717, 1.165) is 16.7 Å². The van der Waals surface area contributed by atoms with Crippen LogP contribution in [0.25, 0.3) is 10.9 Å². The number of aromatic nitrogens is 2. The second-order valence-corrected chi connectivity index (χ2v) is 6.38. The Labute approximate surface area is 168 Å². The van der Waals surface area contributed by atoms with Gasteiger partial charge >= 0.3 is 0 Å². The summed E-state index contributed by atoms with van der Waals surface area (Å²) in [6.07, 6.45) is 0.696. The van der Waals surface area contributed by atoms with E-state index < -0.39 is 6.10 Å². The smallest absolute Gasteiger partial charge is 0.265 e. The molecule has 0 saturated heterocycles. The molecule has 0 radical (unpaired) electrons. The van der Waals surface area contributed by atoms with Gasteiger partial charge in [0, 0.05) is 5.69 Å². The molecule has 6 heteroatoms. The maximum Gasteiger partial charge on any atom is 0.265 e. The molecule has 3 aromatic carbocycles.